The molecule has 0 aliphatic heterocycles. The van der Waals surface area contributed by atoms with E-state index in [2.05, 4.69) is 48.6 Å². The molecular weight excluding hydrogens is 258 g/mol. The lowest BCUT2D eigenvalue weighted by atomic mass is 9.75. The smallest absolute Gasteiger partial charge is 0.115 e. The zero-order chi connectivity index (χ0) is 14.7. The molecule has 2 N–H and O–H groups in total. The summed E-state index contributed by atoms with van der Waals surface area (Å²) in [5.41, 5.74) is 3.98. The number of hydrogen-bond acceptors (Lipinski definition) is 2. The molecule has 2 aromatic rings. The van der Waals surface area contributed by atoms with E-state index in [1.54, 1.807) is 6.07 Å². The van der Waals surface area contributed by atoms with Crippen molar-refractivity contribution >= 4 is 0 Å². The highest BCUT2D eigenvalue weighted by Gasteiger charge is 2.30. The summed E-state index contributed by atoms with van der Waals surface area (Å²) in [5.74, 6) is 0.694. The number of benzene rings is 2. The molecule has 0 heterocycles. The van der Waals surface area contributed by atoms with Gasteiger partial charge >= 0.3 is 0 Å². The van der Waals surface area contributed by atoms with Crippen molar-refractivity contribution in [3.63, 3.8) is 0 Å². The SMILES string of the molecule is CCCN[C@@H]1CCc2ccc(O)cc2[C@@H]1c1ccccc1. The van der Waals surface area contributed by atoms with Gasteiger partial charge in [0.05, 0.1) is 0 Å². The van der Waals surface area contributed by atoms with E-state index in [0.717, 1.165) is 25.8 Å². The van der Waals surface area contributed by atoms with Gasteiger partial charge in [0.1, 0.15) is 5.75 Å². The van der Waals surface area contributed by atoms with E-state index in [1.807, 2.05) is 6.07 Å². The third-order valence-electron chi connectivity index (χ3n) is 4.41. The van der Waals surface area contributed by atoms with E-state index in [9.17, 15) is 5.11 Å². The maximum atomic E-state index is 9.89. The quantitative estimate of drug-likeness (QED) is 0.892. The predicted octanol–water partition coefficient (Wildman–Crippen LogP) is 3.84. The second-order valence-electron chi connectivity index (χ2n) is 5.87. The standard InChI is InChI=1S/C19H23NO/c1-2-12-20-18-11-9-14-8-10-16(21)13-17(14)19(18)15-6-4-3-5-7-15/h3-8,10,13,18-21H,2,9,11-12H2,1H3/t18-,19+/m1/s1. The summed E-state index contributed by atoms with van der Waals surface area (Å²) in [6, 6.07) is 16.9. The molecule has 2 nitrogen and oxygen atoms in total. The molecular formula is C19H23NO. The molecule has 2 aromatic carbocycles. The van der Waals surface area contributed by atoms with Crippen LogP contribution in [0.5, 0.6) is 5.75 Å². The molecule has 0 bridgehead atoms. The van der Waals surface area contributed by atoms with Gasteiger partial charge in [-0.3, -0.25) is 0 Å². The monoisotopic (exact) mass is 281 g/mol. The van der Waals surface area contributed by atoms with Crippen LogP contribution in [0.15, 0.2) is 48.5 Å². The van der Waals surface area contributed by atoms with Crippen molar-refractivity contribution < 1.29 is 5.11 Å². The molecule has 1 aliphatic rings. The van der Waals surface area contributed by atoms with E-state index in [0.29, 0.717) is 17.7 Å². The number of fused-ring (bicyclic) bond motifs is 1. The first-order chi connectivity index (χ1) is 10.3. The third kappa shape index (κ3) is 2.96. The van der Waals surface area contributed by atoms with Crippen LogP contribution < -0.4 is 5.32 Å². The van der Waals surface area contributed by atoms with Crippen molar-refractivity contribution in [2.45, 2.75) is 38.1 Å². The van der Waals surface area contributed by atoms with Crippen molar-refractivity contribution in [3.05, 3.63) is 65.2 Å². The van der Waals surface area contributed by atoms with Gasteiger partial charge in [-0.1, -0.05) is 43.3 Å². The van der Waals surface area contributed by atoms with Gasteiger partial charge in [-0.05, 0) is 54.6 Å². The van der Waals surface area contributed by atoms with E-state index in [-0.39, 0.29) is 0 Å². The van der Waals surface area contributed by atoms with Crippen LogP contribution in [-0.2, 0) is 6.42 Å². The number of hydrogen-bond donors (Lipinski definition) is 2. The Hall–Kier alpha value is -1.80. The molecule has 1 aliphatic carbocycles. The molecule has 0 unspecified atom stereocenters. The van der Waals surface area contributed by atoms with Gasteiger partial charge in [-0.25, -0.2) is 0 Å². The molecule has 21 heavy (non-hydrogen) atoms. The van der Waals surface area contributed by atoms with E-state index in [4.69, 9.17) is 0 Å². The molecule has 0 spiro atoms. The van der Waals surface area contributed by atoms with Crippen molar-refractivity contribution in [1.82, 2.24) is 5.32 Å². The van der Waals surface area contributed by atoms with Gasteiger partial charge in [-0.2, -0.15) is 0 Å². The van der Waals surface area contributed by atoms with Crippen LogP contribution in [0.4, 0.5) is 0 Å². The highest BCUT2D eigenvalue weighted by atomic mass is 16.3. The fourth-order valence-corrected chi connectivity index (χ4v) is 3.42. The van der Waals surface area contributed by atoms with Crippen LogP contribution >= 0.6 is 0 Å². The first-order valence-corrected chi connectivity index (χ1v) is 7.89. The normalized spacial score (nSPS) is 21.0. The summed E-state index contributed by atoms with van der Waals surface area (Å²) in [6.45, 7) is 3.25. The van der Waals surface area contributed by atoms with Crippen molar-refractivity contribution in [2.75, 3.05) is 6.54 Å². The molecule has 0 amide bonds. The molecule has 0 aromatic heterocycles. The molecule has 0 fully saturated rings. The first-order valence-electron chi connectivity index (χ1n) is 7.89. The number of aromatic hydroxyl groups is 1. The summed E-state index contributed by atoms with van der Waals surface area (Å²) < 4.78 is 0. The Morgan fingerprint density at radius 3 is 2.71 bits per heavy atom. The summed E-state index contributed by atoms with van der Waals surface area (Å²) in [6.07, 6.45) is 3.38. The molecule has 2 heteroatoms. The lowest BCUT2D eigenvalue weighted by Gasteiger charge is -2.35. The average molecular weight is 281 g/mol. The van der Waals surface area contributed by atoms with Gasteiger partial charge in [0.25, 0.3) is 0 Å². The van der Waals surface area contributed by atoms with E-state index in [1.165, 1.54) is 16.7 Å². The van der Waals surface area contributed by atoms with Crippen molar-refractivity contribution in [1.29, 1.82) is 0 Å². The predicted molar refractivity (Wildman–Crippen MR) is 86.8 cm³/mol. The number of phenols is 1. The minimum absolute atomic E-state index is 0.327. The largest absolute Gasteiger partial charge is 0.508 e. The van der Waals surface area contributed by atoms with Crippen LogP contribution in [-0.4, -0.2) is 17.7 Å². The molecule has 0 radical (unpaired) electrons. The lowest BCUT2D eigenvalue weighted by molar-refractivity contribution is 0.416. The highest BCUT2D eigenvalue weighted by Crippen LogP contribution is 2.38. The minimum Gasteiger partial charge on any atom is -0.508 e. The first kappa shape index (κ1) is 14.2. The zero-order valence-corrected chi connectivity index (χ0v) is 12.5. The topological polar surface area (TPSA) is 32.3 Å². The lowest BCUT2D eigenvalue weighted by Crippen LogP contribution is -2.39. The highest BCUT2D eigenvalue weighted by molar-refractivity contribution is 5.45. The zero-order valence-electron chi connectivity index (χ0n) is 12.5. The fraction of sp³-hybridized carbons (Fsp3) is 0.368. The van der Waals surface area contributed by atoms with Gasteiger partial charge in [-0.15, -0.1) is 0 Å². The molecule has 2 atom stereocenters. The summed E-state index contributed by atoms with van der Waals surface area (Å²) >= 11 is 0. The Kier molecular flexibility index (Phi) is 4.26. The Morgan fingerprint density at radius 1 is 1.14 bits per heavy atom. The fourth-order valence-electron chi connectivity index (χ4n) is 3.42. The second kappa shape index (κ2) is 6.31. The summed E-state index contributed by atoms with van der Waals surface area (Å²) in [7, 11) is 0. The Balaban J connectivity index is 2.02. The molecule has 0 saturated carbocycles. The third-order valence-corrected chi connectivity index (χ3v) is 4.41. The Bertz CT molecular complexity index is 594. The Labute approximate surface area is 126 Å². The second-order valence-corrected chi connectivity index (χ2v) is 5.87. The summed E-state index contributed by atoms with van der Waals surface area (Å²) in [4.78, 5) is 0. The Morgan fingerprint density at radius 2 is 1.95 bits per heavy atom. The van der Waals surface area contributed by atoms with Crippen LogP contribution in [0.25, 0.3) is 0 Å². The van der Waals surface area contributed by atoms with Crippen LogP contribution in [0.1, 0.15) is 42.4 Å². The molecule has 0 saturated heterocycles. The maximum Gasteiger partial charge on any atom is 0.115 e. The van der Waals surface area contributed by atoms with Crippen LogP contribution in [0.3, 0.4) is 0 Å². The van der Waals surface area contributed by atoms with E-state index >= 15 is 0 Å². The number of aryl methyl sites for hydroxylation is 1. The van der Waals surface area contributed by atoms with E-state index < -0.39 is 0 Å². The van der Waals surface area contributed by atoms with Gasteiger partial charge < -0.3 is 10.4 Å². The van der Waals surface area contributed by atoms with Crippen LogP contribution in [0, 0.1) is 0 Å². The maximum absolute atomic E-state index is 9.89. The number of phenolic OH excluding ortho intramolecular Hbond substituents is 1. The van der Waals surface area contributed by atoms with Crippen molar-refractivity contribution in [3.8, 4) is 5.75 Å². The number of nitrogens with one attached hydrogen (secondary N) is 1. The molecule has 110 valence electrons. The van der Waals surface area contributed by atoms with Gasteiger partial charge in [0, 0.05) is 12.0 Å². The number of rotatable bonds is 4. The summed E-state index contributed by atoms with van der Waals surface area (Å²) in [5, 5.41) is 13.6. The minimum atomic E-state index is 0.327. The van der Waals surface area contributed by atoms with Crippen molar-refractivity contribution in [2.24, 2.45) is 0 Å². The average Bonchev–Trinajstić information content (AvgIpc) is 2.53. The van der Waals surface area contributed by atoms with Crippen LogP contribution in [0.2, 0.25) is 0 Å². The molecule has 3 rings (SSSR count). The van der Waals surface area contributed by atoms with Gasteiger partial charge in [0.2, 0.25) is 0 Å². The van der Waals surface area contributed by atoms with Gasteiger partial charge in [0.15, 0.2) is 0 Å².